The summed E-state index contributed by atoms with van der Waals surface area (Å²) in [6, 6.07) is 7.91. The van der Waals surface area contributed by atoms with Crippen LogP contribution in [0.2, 0.25) is 5.02 Å². The van der Waals surface area contributed by atoms with Crippen molar-refractivity contribution in [2.24, 2.45) is 0 Å². The van der Waals surface area contributed by atoms with Crippen molar-refractivity contribution < 1.29 is 9.26 Å². The van der Waals surface area contributed by atoms with E-state index in [1.165, 1.54) is 0 Å². The Morgan fingerprint density at radius 3 is 3.08 bits per heavy atom. The third kappa shape index (κ3) is 3.00. The molecular formula is C17H17ClN4O2. The van der Waals surface area contributed by atoms with Crippen molar-refractivity contribution in [3.8, 4) is 0 Å². The third-order valence-electron chi connectivity index (χ3n) is 4.19. The van der Waals surface area contributed by atoms with Crippen LogP contribution in [0.3, 0.4) is 0 Å². The van der Waals surface area contributed by atoms with Crippen LogP contribution in [-0.2, 0) is 11.3 Å². The molecule has 124 valence electrons. The van der Waals surface area contributed by atoms with E-state index in [2.05, 4.69) is 20.0 Å². The first kappa shape index (κ1) is 15.5. The van der Waals surface area contributed by atoms with Gasteiger partial charge in [0.1, 0.15) is 6.10 Å². The largest absolute Gasteiger partial charge is 0.367 e. The summed E-state index contributed by atoms with van der Waals surface area (Å²) in [4.78, 5) is 11.1. The van der Waals surface area contributed by atoms with E-state index >= 15 is 0 Å². The second-order valence-electron chi connectivity index (χ2n) is 5.87. The van der Waals surface area contributed by atoms with Crippen molar-refractivity contribution in [2.75, 3.05) is 19.7 Å². The van der Waals surface area contributed by atoms with Crippen LogP contribution in [0.4, 0.5) is 0 Å². The Bertz CT molecular complexity index is 867. The van der Waals surface area contributed by atoms with Gasteiger partial charge in [0.15, 0.2) is 0 Å². The first-order valence-electron chi connectivity index (χ1n) is 7.87. The molecule has 3 aromatic rings. The molecule has 0 radical (unpaired) electrons. The lowest BCUT2D eigenvalue weighted by atomic mass is 10.1. The van der Waals surface area contributed by atoms with Gasteiger partial charge in [-0.3, -0.25) is 9.88 Å². The van der Waals surface area contributed by atoms with Crippen molar-refractivity contribution in [1.29, 1.82) is 0 Å². The van der Waals surface area contributed by atoms with Crippen LogP contribution in [0.15, 0.2) is 35.0 Å². The van der Waals surface area contributed by atoms with Gasteiger partial charge in [0.2, 0.25) is 11.7 Å². The highest BCUT2D eigenvalue weighted by Gasteiger charge is 2.26. The number of aryl methyl sites for hydroxylation is 1. The number of hydrogen-bond acceptors (Lipinski definition) is 6. The molecule has 1 unspecified atom stereocenters. The standard InChI is InChI=1S/C17H17ClN4O2/c1-11-20-17(21-24-11)15-10-22(7-8-23-15)9-13-14(18)5-4-12-3-2-6-19-16(12)13/h2-6,15H,7-10H2,1H3. The molecule has 0 aliphatic carbocycles. The van der Waals surface area contributed by atoms with Crippen LogP contribution in [0.1, 0.15) is 23.4 Å². The first-order chi connectivity index (χ1) is 11.7. The van der Waals surface area contributed by atoms with Crippen LogP contribution in [0.25, 0.3) is 10.9 Å². The van der Waals surface area contributed by atoms with Crippen molar-refractivity contribution in [1.82, 2.24) is 20.0 Å². The van der Waals surface area contributed by atoms with E-state index in [0.717, 1.165) is 28.0 Å². The second-order valence-corrected chi connectivity index (χ2v) is 6.27. The lowest BCUT2D eigenvalue weighted by molar-refractivity contribution is -0.0379. The number of fused-ring (bicyclic) bond motifs is 1. The zero-order valence-electron chi connectivity index (χ0n) is 13.3. The molecule has 2 aromatic heterocycles. The number of morpholine rings is 1. The van der Waals surface area contributed by atoms with Crippen LogP contribution in [0.5, 0.6) is 0 Å². The fraction of sp³-hybridized carbons (Fsp3) is 0.353. The minimum Gasteiger partial charge on any atom is -0.367 e. The Morgan fingerprint density at radius 1 is 1.33 bits per heavy atom. The highest BCUT2D eigenvalue weighted by atomic mass is 35.5. The molecule has 24 heavy (non-hydrogen) atoms. The number of hydrogen-bond donors (Lipinski definition) is 0. The normalized spacial score (nSPS) is 19.0. The van der Waals surface area contributed by atoms with E-state index in [1.807, 2.05) is 24.3 Å². The van der Waals surface area contributed by atoms with Crippen LogP contribution >= 0.6 is 11.6 Å². The van der Waals surface area contributed by atoms with E-state index in [9.17, 15) is 0 Å². The SMILES string of the molecule is Cc1nc(C2CN(Cc3c(Cl)ccc4cccnc34)CCO2)no1. The molecule has 0 saturated carbocycles. The number of aromatic nitrogens is 3. The van der Waals surface area contributed by atoms with E-state index in [1.54, 1.807) is 13.1 Å². The average molecular weight is 345 g/mol. The highest BCUT2D eigenvalue weighted by Crippen LogP contribution is 2.28. The fourth-order valence-electron chi connectivity index (χ4n) is 3.00. The summed E-state index contributed by atoms with van der Waals surface area (Å²) in [5, 5.41) is 5.80. The smallest absolute Gasteiger partial charge is 0.223 e. The molecule has 6 nitrogen and oxygen atoms in total. The Hall–Kier alpha value is -2.02. The minimum atomic E-state index is -0.182. The molecule has 3 heterocycles. The van der Waals surface area contributed by atoms with Gasteiger partial charge < -0.3 is 9.26 Å². The molecule has 4 rings (SSSR count). The number of ether oxygens (including phenoxy) is 1. The maximum Gasteiger partial charge on any atom is 0.223 e. The van der Waals surface area contributed by atoms with E-state index in [-0.39, 0.29) is 6.10 Å². The maximum absolute atomic E-state index is 6.44. The lowest BCUT2D eigenvalue weighted by Gasteiger charge is -2.31. The number of nitrogens with zero attached hydrogens (tertiary/aromatic N) is 4. The van der Waals surface area contributed by atoms with Crippen molar-refractivity contribution in [3.63, 3.8) is 0 Å². The van der Waals surface area contributed by atoms with Crippen LogP contribution < -0.4 is 0 Å². The molecule has 1 aliphatic heterocycles. The van der Waals surface area contributed by atoms with Gasteiger partial charge in [0.05, 0.1) is 12.1 Å². The molecule has 0 bridgehead atoms. The summed E-state index contributed by atoms with van der Waals surface area (Å²) in [6.07, 6.45) is 1.62. The molecule has 0 spiro atoms. The zero-order chi connectivity index (χ0) is 16.5. The summed E-state index contributed by atoms with van der Waals surface area (Å²) in [5.74, 6) is 1.14. The topological polar surface area (TPSA) is 64.3 Å². The molecule has 1 aromatic carbocycles. The Balaban J connectivity index is 1.58. The molecule has 7 heteroatoms. The number of pyridine rings is 1. The Morgan fingerprint density at radius 2 is 2.25 bits per heavy atom. The summed E-state index contributed by atoms with van der Waals surface area (Å²) in [6.45, 7) is 4.63. The highest BCUT2D eigenvalue weighted by molar-refractivity contribution is 6.32. The third-order valence-corrected chi connectivity index (χ3v) is 4.54. The molecule has 1 saturated heterocycles. The van der Waals surface area contributed by atoms with Gasteiger partial charge in [-0.25, -0.2) is 0 Å². The minimum absolute atomic E-state index is 0.182. The van der Waals surface area contributed by atoms with Crippen molar-refractivity contribution in [3.05, 3.63) is 52.8 Å². The first-order valence-corrected chi connectivity index (χ1v) is 8.25. The predicted octanol–water partition coefficient (Wildman–Crippen LogP) is 3.15. The molecule has 1 fully saturated rings. The number of halogens is 1. The second kappa shape index (κ2) is 6.47. The Labute approximate surface area is 144 Å². The summed E-state index contributed by atoms with van der Waals surface area (Å²) in [5.41, 5.74) is 1.99. The van der Waals surface area contributed by atoms with Gasteiger partial charge in [-0.15, -0.1) is 0 Å². The van der Waals surface area contributed by atoms with Crippen LogP contribution in [-0.4, -0.2) is 39.7 Å². The summed E-state index contributed by atoms with van der Waals surface area (Å²) in [7, 11) is 0. The molecular weight excluding hydrogens is 328 g/mol. The van der Waals surface area contributed by atoms with Crippen LogP contribution in [0, 0.1) is 6.92 Å². The quantitative estimate of drug-likeness (QED) is 0.727. The average Bonchev–Trinajstić information content (AvgIpc) is 3.04. The fourth-order valence-corrected chi connectivity index (χ4v) is 3.22. The van der Waals surface area contributed by atoms with E-state index in [4.69, 9.17) is 20.9 Å². The van der Waals surface area contributed by atoms with Crippen molar-refractivity contribution >= 4 is 22.5 Å². The van der Waals surface area contributed by atoms with Gasteiger partial charge in [-0.05, 0) is 12.1 Å². The van der Waals surface area contributed by atoms with Gasteiger partial charge >= 0.3 is 0 Å². The molecule has 1 aliphatic rings. The van der Waals surface area contributed by atoms with Crippen molar-refractivity contribution in [2.45, 2.75) is 19.6 Å². The Kier molecular flexibility index (Phi) is 4.18. The van der Waals surface area contributed by atoms with Gasteiger partial charge in [-0.1, -0.05) is 28.9 Å². The lowest BCUT2D eigenvalue weighted by Crippen LogP contribution is -2.38. The number of rotatable bonds is 3. The maximum atomic E-state index is 6.44. The summed E-state index contributed by atoms with van der Waals surface area (Å²) >= 11 is 6.44. The zero-order valence-corrected chi connectivity index (χ0v) is 14.0. The molecule has 0 N–H and O–H groups in total. The monoisotopic (exact) mass is 344 g/mol. The number of benzene rings is 1. The van der Waals surface area contributed by atoms with E-state index < -0.39 is 0 Å². The van der Waals surface area contributed by atoms with Gasteiger partial charge in [0, 0.05) is 48.7 Å². The van der Waals surface area contributed by atoms with Gasteiger partial charge in [-0.2, -0.15) is 4.98 Å². The summed E-state index contributed by atoms with van der Waals surface area (Å²) < 4.78 is 10.8. The molecule has 1 atom stereocenters. The predicted molar refractivity (Wildman–Crippen MR) is 89.8 cm³/mol. The molecule has 0 amide bonds. The van der Waals surface area contributed by atoms with E-state index in [0.29, 0.717) is 31.4 Å². The van der Waals surface area contributed by atoms with Gasteiger partial charge in [0.25, 0.3) is 0 Å².